The van der Waals surface area contributed by atoms with Crippen LogP contribution in [0.25, 0.3) is 11.4 Å². The fourth-order valence-corrected chi connectivity index (χ4v) is 4.03. The molecule has 2 aliphatic rings. The van der Waals surface area contributed by atoms with Crippen LogP contribution in [0, 0.1) is 0 Å². The van der Waals surface area contributed by atoms with Gasteiger partial charge in [-0.3, -0.25) is 4.79 Å². The Hall–Kier alpha value is -2.82. The van der Waals surface area contributed by atoms with Gasteiger partial charge >= 0.3 is 6.09 Å². The number of nitrogens with two attached hydrogens (primary N) is 1. The smallest absolute Gasteiger partial charge is 0.416 e. The molecule has 29 heavy (non-hydrogen) atoms. The minimum Gasteiger partial charge on any atom is -0.491 e. The first-order chi connectivity index (χ1) is 13.8. The van der Waals surface area contributed by atoms with Gasteiger partial charge < -0.3 is 19.8 Å². The van der Waals surface area contributed by atoms with Crippen molar-refractivity contribution < 1.29 is 27.8 Å². The van der Waals surface area contributed by atoms with E-state index in [4.69, 9.17) is 15.2 Å². The molecule has 0 radical (unpaired) electrons. The van der Waals surface area contributed by atoms with E-state index in [1.54, 1.807) is 29.8 Å². The second-order valence-electron chi connectivity index (χ2n) is 6.63. The summed E-state index contributed by atoms with van der Waals surface area (Å²) in [6, 6.07) is 4.01. The van der Waals surface area contributed by atoms with Crippen molar-refractivity contribution in [1.29, 1.82) is 0 Å². The summed E-state index contributed by atoms with van der Waals surface area (Å²) < 4.78 is 38.9. The van der Waals surface area contributed by atoms with Gasteiger partial charge in [0.15, 0.2) is 5.82 Å². The van der Waals surface area contributed by atoms with Crippen LogP contribution in [0.15, 0.2) is 29.3 Å². The number of thioether (sulfide) groups is 1. The van der Waals surface area contributed by atoms with Crippen molar-refractivity contribution in [3.63, 3.8) is 0 Å². The van der Waals surface area contributed by atoms with Crippen molar-refractivity contribution in [2.45, 2.75) is 36.1 Å². The quantitative estimate of drug-likeness (QED) is 0.741. The molecule has 1 unspecified atom stereocenters. The maximum absolute atomic E-state index is 13.3. The largest absolute Gasteiger partial charge is 0.491 e. The number of hydrogen-bond acceptors (Lipinski definition) is 6. The number of primary amides is 1. The summed E-state index contributed by atoms with van der Waals surface area (Å²) in [5.41, 5.74) is 5.97. The van der Waals surface area contributed by atoms with Crippen LogP contribution in [0.2, 0.25) is 0 Å². The summed E-state index contributed by atoms with van der Waals surface area (Å²) in [7, 11) is 0. The summed E-state index contributed by atoms with van der Waals surface area (Å²) in [5, 5.41) is -0.403. The van der Waals surface area contributed by atoms with Gasteiger partial charge in [-0.15, -0.1) is 11.8 Å². The summed E-state index contributed by atoms with van der Waals surface area (Å²) in [6.07, 6.45) is -2.04. The lowest BCUT2D eigenvalue weighted by atomic mass is 10.2. The molecule has 0 bridgehead atoms. The minimum absolute atomic E-state index is 0.112. The molecule has 3 heterocycles. The highest BCUT2D eigenvalue weighted by atomic mass is 32.2. The first-order valence-electron chi connectivity index (χ1n) is 8.89. The van der Waals surface area contributed by atoms with E-state index in [0.717, 1.165) is 9.80 Å². The summed E-state index contributed by atoms with van der Waals surface area (Å²) in [6.45, 7) is 2.10. The molecule has 11 heteroatoms. The Bertz CT molecular complexity index is 967. The summed E-state index contributed by atoms with van der Waals surface area (Å²) in [5.74, 6) is 0.746. The topological polar surface area (TPSA) is 99.7 Å². The highest BCUT2D eigenvalue weighted by Gasteiger charge is 2.42. The van der Waals surface area contributed by atoms with Crippen LogP contribution in [-0.4, -0.2) is 52.5 Å². The standard InChI is InChI=1S/C18H18F2N4O4S/c1-9(16(21)25)29-10-2-3-11-13(6-10)27-5-4-23-7-14(22-17(11)23)24-12(15(19)20)8-28-18(24)26/h2-3,6-7,9,12,15H,4-5,8H2,1H3,(H2,21,25)/t9?,12-/m0/s1. The molecule has 0 saturated carbocycles. The Morgan fingerprint density at radius 2 is 2.17 bits per heavy atom. The molecule has 2 N–H and O–H groups in total. The number of carbonyl (C=O) groups is 2. The van der Waals surface area contributed by atoms with Gasteiger partial charge in [-0.2, -0.15) is 0 Å². The molecule has 2 aliphatic heterocycles. The SMILES string of the molecule is CC(Sc1ccc2c(c1)OCCn1cc(N3C(=O)OC[C@H]3C(F)F)nc1-2)C(N)=O. The predicted octanol–water partition coefficient (Wildman–Crippen LogP) is 2.50. The summed E-state index contributed by atoms with van der Waals surface area (Å²) in [4.78, 5) is 29.4. The van der Waals surface area contributed by atoms with E-state index >= 15 is 0 Å². The van der Waals surface area contributed by atoms with Crippen molar-refractivity contribution >= 4 is 29.6 Å². The minimum atomic E-state index is -2.74. The normalized spacial score (nSPS) is 19.2. The number of amides is 2. The number of alkyl halides is 2. The van der Waals surface area contributed by atoms with Gasteiger partial charge in [0.05, 0.1) is 17.4 Å². The van der Waals surface area contributed by atoms with Crippen molar-refractivity contribution in [3.05, 3.63) is 24.4 Å². The maximum Gasteiger partial charge on any atom is 0.416 e. The first-order valence-corrected chi connectivity index (χ1v) is 9.77. The summed E-state index contributed by atoms with van der Waals surface area (Å²) >= 11 is 1.31. The third-order valence-electron chi connectivity index (χ3n) is 4.70. The Balaban J connectivity index is 1.68. The predicted molar refractivity (Wildman–Crippen MR) is 101 cm³/mol. The molecule has 0 aliphatic carbocycles. The number of hydrogen-bond donors (Lipinski definition) is 1. The Morgan fingerprint density at radius 3 is 2.90 bits per heavy atom. The number of rotatable bonds is 5. The van der Waals surface area contributed by atoms with Crippen LogP contribution in [-0.2, 0) is 16.1 Å². The average Bonchev–Trinajstić information content (AvgIpc) is 3.21. The second-order valence-corrected chi connectivity index (χ2v) is 8.05. The molecule has 1 saturated heterocycles. The van der Waals surface area contributed by atoms with Gasteiger partial charge in [0, 0.05) is 11.1 Å². The molecule has 4 rings (SSSR count). The third kappa shape index (κ3) is 3.61. The highest BCUT2D eigenvalue weighted by molar-refractivity contribution is 8.00. The van der Waals surface area contributed by atoms with Gasteiger partial charge in [0.1, 0.15) is 30.8 Å². The number of imidazole rings is 1. The number of aromatic nitrogens is 2. The molecule has 8 nitrogen and oxygen atoms in total. The van der Waals surface area contributed by atoms with Crippen LogP contribution in [0.3, 0.4) is 0 Å². The fraction of sp³-hybridized carbons (Fsp3) is 0.389. The van der Waals surface area contributed by atoms with E-state index in [0.29, 0.717) is 30.3 Å². The van der Waals surface area contributed by atoms with Gasteiger partial charge in [-0.1, -0.05) is 0 Å². The molecule has 1 aromatic heterocycles. The number of benzene rings is 1. The number of halogens is 2. The Morgan fingerprint density at radius 1 is 1.38 bits per heavy atom. The molecule has 1 fully saturated rings. The van der Waals surface area contributed by atoms with E-state index in [1.165, 1.54) is 11.8 Å². The zero-order valence-corrected chi connectivity index (χ0v) is 16.2. The van der Waals surface area contributed by atoms with E-state index in [-0.39, 0.29) is 12.4 Å². The van der Waals surface area contributed by atoms with Crippen molar-refractivity contribution in [2.75, 3.05) is 18.1 Å². The highest BCUT2D eigenvalue weighted by Crippen LogP contribution is 2.38. The molecular formula is C18H18F2N4O4S. The first kappa shape index (κ1) is 19.5. The van der Waals surface area contributed by atoms with Crippen molar-refractivity contribution in [2.24, 2.45) is 5.73 Å². The lowest BCUT2D eigenvalue weighted by Crippen LogP contribution is -2.38. The van der Waals surface area contributed by atoms with Gasteiger partial charge in [0.25, 0.3) is 6.43 Å². The van der Waals surface area contributed by atoms with E-state index in [9.17, 15) is 18.4 Å². The fourth-order valence-electron chi connectivity index (χ4n) is 3.18. The average molecular weight is 424 g/mol. The van der Waals surface area contributed by atoms with E-state index in [2.05, 4.69) is 4.98 Å². The zero-order chi connectivity index (χ0) is 20.7. The third-order valence-corrected chi connectivity index (χ3v) is 5.82. The Labute approximate surface area is 169 Å². The number of nitrogens with zero attached hydrogens (tertiary/aromatic N) is 3. The molecule has 0 spiro atoms. The van der Waals surface area contributed by atoms with Gasteiger partial charge in [-0.25, -0.2) is 23.5 Å². The number of fused-ring (bicyclic) bond motifs is 3. The van der Waals surface area contributed by atoms with Gasteiger partial charge in [-0.05, 0) is 25.1 Å². The van der Waals surface area contributed by atoms with Crippen LogP contribution >= 0.6 is 11.8 Å². The molecule has 154 valence electrons. The number of cyclic esters (lactones) is 1. The van der Waals surface area contributed by atoms with Crippen LogP contribution in [0.1, 0.15) is 6.92 Å². The second kappa shape index (κ2) is 7.54. The van der Waals surface area contributed by atoms with Crippen LogP contribution < -0.4 is 15.4 Å². The lowest BCUT2D eigenvalue weighted by Gasteiger charge is -2.17. The number of anilines is 1. The van der Waals surface area contributed by atoms with E-state index in [1.807, 2.05) is 6.07 Å². The van der Waals surface area contributed by atoms with Crippen molar-refractivity contribution in [3.8, 4) is 17.1 Å². The van der Waals surface area contributed by atoms with Crippen LogP contribution in [0.4, 0.5) is 19.4 Å². The molecule has 2 atom stereocenters. The zero-order valence-electron chi connectivity index (χ0n) is 15.4. The molecular weight excluding hydrogens is 406 g/mol. The van der Waals surface area contributed by atoms with E-state index < -0.39 is 29.7 Å². The lowest BCUT2D eigenvalue weighted by molar-refractivity contribution is -0.117. The number of ether oxygens (including phenoxy) is 2. The molecule has 2 amide bonds. The van der Waals surface area contributed by atoms with Crippen LogP contribution in [0.5, 0.6) is 5.75 Å². The Kier molecular flexibility index (Phi) is 5.07. The van der Waals surface area contributed by atoms with Gasteiger partial charge in [0.2, 0.25) is 5.91 Å². The molecule has 2 aromatic rings. The number of carbonyl (C=O) groups excluding carboxylic acids is 2. The van der Waals surface area contributed by atoms with Crippen molar-refractivity contribution in [1.82, 2.24) is 9.55 Å². The monoisotopic (exact) mass is 424 g/mol. The molecule has 1 aromatic carbocycles. The maximum atomic E-state index is 13.3.